The summed E-state index contributed by atoms with van der Waals surface area (Å²) in [4.78, 5) is 12.2. The average molecular weight is 242 g/mol. The van der Waals surface area contributed by atoms with Crippen LogP contribution in [0.5, 0.6) is 0 Å². The molecule has 0 amide bonds. The van der Waals surface area contributed by atoms with Crippen molar-refractivity contribution < 1.29 is 4.79 Å². The molecule has 1 saturated carbocycles. The van der Waals surface area contributed by atoms with E-state index >= 15 is 0 Å². The first-order chi connectivity index (χ1) is 7.59. The van der Waals surface area contributed by atoms with Crippen molar-refractivity contribution in [3.05, 3.63) is 16.9 Å². The number of hydrogen-bond acceptors (Lipinski definition) is 3. The van der Waals surface area contributed by atoms with E-state index in [0.29, 0.717) is 10.7 Å². The quantitative estimate of drug-likeness (QED) is 0.803. The molecule has 1 aliphatic carbocycles. The Morgan fingerprint density at radius 2 is 2.12 bits per heavy atom. The number of halogens is 1. The summed E-state index contributed by atoms with van der Waals surface area (Å²) in [5.41, 5.74) is 6.35. The van der Waals surface area contributed by atoms with Crippen molar-refractivity contribution in [1.82, 2.24) is 9.78 Å². The molecule has 1 aromatic rings. The van der Waals surface area contributed by atoms with Crippen LogP contribution in [0.3, 0.4) is 0 Å². The second-order valence-electron chi connectivity index (χ2n) is 4.44. The van der Waals surface area contributed by atoms with E-state index < -0.39 is 0 Å². The normalized spacial score (nSPS) is 25.7. The summed E-state index contributed by atoms with van der Waals surface area (Å²) in [6.07, 6.45) is 5.09. The molecule has 16 heavy (non-hydrogen) atoms. The largest absolute Gasteiger partial charge is 0.328 e. The first-order valence-corrected chi connectivity index (χ1v) is 5.94. The van der Waals surface area contributed by atoms with Crippen LogP contribution in [0.2, 0.25) is 5.02 Å². The SMILES string of the molecule is Cn1ncc(Cl)c1C(=O)C1CCC(N)CC1. The summed E-state index contributed by atoms with van der Waals surface area (Å²) in [7, 11) is 1.74. The number of aryl methyl sites for hydroxylation is 1. The number of rotatable bonds is 2. The lowest BCUT2D eigenvalue weighted by Crippen LogP contribution is -2.30. The Labute approximate surface area is 99.8 Å². The molecule has 0 spiro atoms. The second kappa shape index (κ2) is 4.55. The lowest BCUT2D eigenvalue weighted by atomic mass is 9.83. The fourth-order valence-electron chi connectivity index (χ4n) is 2.26. The lowest BCUT2D eigenvalue weighted by Gasteiger charge is -2.24. The first kappa shape index (κ1) is 11.6. The van der Waals surface area contributed by atoms with Crippen LogP contribution in [0.15, 0.2) is 6.20 Å². The molecule has 0 aromatic carbocycles. The Hall–Kier alpha value is -0.870. The third-order valence-electron chi connectivity index (χ3n) is 3.27. The van der Waals surface area contributed by atoms with E-state index in [-0.39, 0.29) is 17.7 Å². The monoisotopic (exact) mass is 241 g/mol. The topological polar surface area (TPSA) is 60.9 Å². The fourth-order valence-corrected chi connectivity index (χ4v) is 2.52. The number of nitrogens with zero attached hydrogens (tertiary/aromatic N) is 2. The van der Waals surface area contributed by atoms with Gasteiger partial charge in [-0.3, -0.25) is 9.48 Å². The highest BCUT2D eigenvalue weighted by Crippen LogP contribution is 2.28. The van der Waals surface area contributed by atoms with Crippen molar-refractivity contribution in [1.29, 1.82) is 0 Å². The van der Waals surface area contributed by atoms with Gasteiger partial charge in [0.1, 0.15) is 5.69 Å². The van der Waals surface area contributed by atoms with Gasteiger partial charge in [0, 0.05) is 19.0 Å². The van der Waals surface area contributed by atoms with E-state index in [1.54, 1.807) is 11.7 Å². The standard InChI is InChI=1S/C11H16ClN3O/c1-15-10(9(12)6-14-15)11(16)7-2-4-8(13)5-3-7/h6-8H,2-5,13H2,1H3. The number of Topliss-reactive ketones (excluding diaryl/α,β-unsaturated/α-hetero) is 1. The third kappa shape index (κ3) is 2.13. The van der Waals surface area contributed by atoms with Gasteiger partial charge >= 0.3 is 0 Å². The van der Waals surface area contributed by atoms with Gasteiger partial charge in [-0.25, -0.2) is 0 Å². The number of carbonyl (C=O) groups is 1. The van der Waals surface area contributed by atoms with Crippen molar-refractivity contribution in [2.24, 2.45) is 18.7 Å². The molecule has 5 heteroatoms. The second-order valence-corrected chi connectivity index (χ2v) is 4.85. The van der Waals surface area contributed by atoms with Gasteiger partial charge in [0.15, 0.2) is 5.78 Å². The Kier molecular flexibility index (Phi) is 3.30. The predicted molar refractivity (Wildman–Crippen MR) is 62.5 cm³/mol. The Morgan fingerprint density at radius 3 is 2.62 bits per heavy atom. The molecule has 0 bridgehead atoms. The van der Waals surface area contributed by atoms with Gasteiger partial charge in [0.25, 0.3) is 0 Å². The van der Waals surface area contributed by atoms with Gasteiger partial charge in [-0.05, 0) is 25.7 Å². The molecule has 1 fully saturated rings. The van der Waals surface area contributed by atoms with Crippen molar-refractivity contribution in [2.45, 2.75) is 31.7 Å². The summed E-state index contributed by atoms with van der Waals surface area (Å²) in [6, 6.07) is 0.256. The van der Waals surface area contributed by atoms with Crippen LogP contribution in [0.1, 0.15) is 36.2 Å². The van der Waals surface area contributed by atoms with Gasteiger partial charge in [-0.1, -0.05) is 11.6 Å². The lowest BCUT2D eigenvalue weighted by molar-refractivity contribution is 0.0875. The van der Waals surface area contributed by atoms with Gasteiger partial charge in [0.2, 0.25) is 0 Å². The Bertz CT molecular complexity index is 374. The maximum Gasteiger partial charge on any atom is 0.185 e. The molecule has 0 aliphatic heterocycles. The van der Waals surface area contributed by atoms with Crippen molar-refractivity contribution in [2.75, 3.05) is 0 Å². The molecular formula is C11H16ClN3O. The number of hydrogen-bond donors (Lipinski definition) is 1. The molecule has 0 saturated heterocycles. The van der Waals surface area contributed by atoms with Crippen LogP contribution < -0.4 is 5.73 Å². The van der Waals surface area contributed by atoms with E-state index in [0.717, 1.165) is 25.7 Å². The molecule has 1 aliphatic rings. The molecule has 1 heterocycles. The van der Waals surface area contributed by atoms with Crippen molar-refractivity contribution in [3.8, 4) is 0 Å². The van der Waals surface area contributed by atoms with E-state index in [2.05, 4.69) is 5.10 Å². The minimum absolute atomic E-state index is 0.0627. The molecule has 4 nitrogen and oxygen atoms in total. The predicted octanol–water partition coefficient (Wildman–Crippen LogP) is 1.77. The molecule has 2 N–H and O–H groups in total. The van der Waals surface area contributed by atoms with Crippen molar-refractivity contribution >= 4 is 17.4 Å². The van der Waals surface area contributed by atoms with Gasteiger partial charge in [0.05, 0.1) is 11.2 Å². The molecule has 0 atom stereocenters. The number of nitrogens with two attached hydrogens (primary N) is 1. The minimum Gasteiger partial charge on any atom is -0.328 e. The van der Waals surface area contributed by atoms with Crippen LogP contribution in [-0.2, 0) is 7.05 Å². The number of carbonyl (C=O) groups excluding carboxylic acids is 1. The van der Waals surface area contributed by atoms with E-state index in [9.17, 15) is 4.79 Å². The maximum absolute atomic E-state index is 12.2. The Balaban J connectivity index is 2.14. The van der Waals surface area contributed by atoms with Gasteiger partial charge in [-0.15, -0.1) is 0 Å². The first-order valence-electron chi connectivity index (χ1n) is 5.57. The summed E-state index contributed by atoms with van der Waals surface area (Å²) in [5.74, 6) is 0.171. The number of ketones is 1. The van der Waals surface area contributed by atoms with Crippen LogP contribution in [-0.4, -0.2) is 21.6 Å². The summed E-state index contributed by atoms with van der Waals surface area (Å²) >= 11 is 5.96. The van der Waals surface area contributed by atoms with E-state index in [1.807, 2.05) is 0 Å². The highest BCUT2D eigenvalue weighted by Gasteiger charge is 2.28. The van der Waals surface area contributed by atoms with Gasteiger partial charge < -0.3 is 5.73 Å². The zero-order valence-corrected chi connectivity index (χ0v) is 10.1. The van der Waals surface area contributed by atoms with Crippen molar-refractivity contribution in [3.63, 3.8) is 0 Å². The zero-order chi connectivity index (χ0) is 11.7. The molecular weight excluding hydrogens is 226 g/mol. The van der Waals surface area contributed by atoms with Crippen LogP contribution in [0, 0.1) is 5.92 Å². The van der Waals surface area contributed by atoms with Gasteiger partial charge in [-0.2, -0.15) is 5.10 Å². The summed E-state index contributed by atoms with van der Waals surface area (Å²) < 4.78 is 1.55. The van der Waals surface area contributed by atoms with Crippen LogP contribution in [0.4, 0.5) is 0 Å². The van der Waals surface area contributed by atoms with Crippen LogP contribution in [0.25, 0.3) is 0 Å². The third-order valence-corrected chi connectivity index (χ3v) is 3.55. The molecule has 2 rings (SSSR count). The fraction of sp³-hybridized carbons (Fsp3) is 0.636. The average Bonchev–Trinajstić information content (AvgIpc) is 2.59. The molecule has 1 aromatic heterocycles. The highest BCUT2D eigenvalue weighted by molar-refractivity contribution is 6.33. The molecule has 0 radical (unpaired) electrons. The van der Waals surface area contributed by atoms with Crippen LogP contribution >= 0.6 is 11.6 Å². The highest BCUT2D eigenvalue weighted by atomic mass is 35.5. The van der Waals surface area contributed by atoms with E-state index in [1.165, 1.54) is 6.20 Å². The number of aromatic nitrogens is 2. The smallest absolute Gasteiger partial charge is 0.185 e. The van der Waals surface area contributed by atoms with E-state index in [4.69, 9.17) is 17.3 Å². The molecule has 0 unspecified atom stereocenters. The zero-order valence-electron chi connectivity index (χ0n) is 9.32. The maximum atomic E-state index is 12.2. The summed E-state index contributed by atoms with van der Waals surface area (Å²) in [5, 5.41) is 4.43. The molecule has 88 valence electrons. The summed E-state index contributed by atoms with van der Waals surface area (Å²) in [6.45, 7) is 0. The Morgan fingerprint density at radius 1 is 1.50 bits per heavy atom. The minimum atomic E-state index is 0.0627.